The van der Waals surface area contributed by atoms with Gasteiger partial charge in [0.05, 0.1) is 29.7 Å². The van der Waals surface area contributed by atoms with Crippen LogP contribution in [0.4, 0.5) is 5.69 Å². The molecule has 0 aliphatic heterocycles. The number of carbonyl (C=O) groups excluding carboxylic acids is 3. The van der Waals surface area contributed by atoms with Crippen molar-refractivity contribution in [2.24, 2.45) is 11.8 Å². The number of anilines is 1. The summed E-state index contributed by atoms with van der Waals surface area (Å²) in [7, 11) is 0. The molecule has 3 rings (SSSR count). The van der Waals surface area contributed by atoms with Gasteiger partial charge in [-0.25, -0.2) is 4.79 Å². The summed E-state index contributed by atoms with van der Waals surface area (Å²) in [6.45, 7) is 4.43. The quantitative estimate of drug-likeness (QED) is 0.723. The van der Waals surface area contributed by atoms with Crippen LogP contribution in [-0.2, 0) is 20.9 Å². The molecule has 2 N–H and O–H groups in total. The lowest BCUT2D eigenvalue weighted by Gasteiger charge is -2.10. The Labute approximate surface area is 164 Å². The Bertz CT molecular complexity index is 876. The highest BCUT2D eigenvalue weighted by atomic mass is 16.5. The number of aryl methyl sites for hydroxylation is 1. The summed E-state index contributed by atoms with van der Waals surface area (Å²) in [6.07, 6.45) is 0.507. The van der Waals surface area contributed by atoms with Crippen molar-refractivity contribution in [2.45, 2.75) is 26.8 Å². The van der Waals surface area contributed by atoms with Gasteiger partial charge in [-0.1, -0.05) is 42.0 Å². The van der Waals surface area contributed by atoms with Crippen LogP contribution in [0.5, 0.6) is 0 Å². The molecular formula is C22H24N2O4. The van der Waals surface area contributed by atoms with E-state index in [2.05, 4.69) is 10.6 Å². The fourth-order valence-corrected chi connectivity index (χ4v) is 3.01. The Hall–Kier alpha value is -3.15. The summed E-state index contributed by atoms with van der Waals surface area (Å²) in [5.41, 5.74) is 2.89. The maximum Gasteiger partial charge on any atom is 0.340 e. The molecule has 1 saturated carbocycles. The van der Waals surface area contributed by atoms with Crippen LogP contribution < -0.4 is 10.6 Å². The third-order valence-electron chi connectivity index (χ3n) is 4.73. The zero-order valence-corrected chi connectivity index (χ0v) is 16.0. The number of esters is 1. The molecule has 2 aromatic rings. The van der Waals surface area contributed by atoms with E-state index in [0.717, 1.165) is 11.1 Å². The van der Waals surface area contributed by atoms with Crippen LogP contribution in [0.1, 0.15) is 34.8 Å². The Balaban J connectivity index is 1.54. The molecule has 2 aromatic carbocycles. The van der Waals surface area contributed by atoms with E-state index in [1.165, 1.54) is 0 Å². The van der Waals surface area contributed by atoms with Crippen LogP contribution in [0.25, 0.3) is 0 Å². The van der Waals surface area contributed by atoms with Gasteiger partial charge in [-0.15, -0.1) is 0 Å². The van der Waals surface area contributed by atoms with Crippen molar-refractivity contribution in [3.8, 4) is 0 Å². The Morgan fingerprint density at radius 2 is 1.68 bits per heavy atom. The average molecular weight is 380 g/mol. The zero-order valence-electron chi connectivity index (χ0n) is 16.0. The number of hydrogen-bond acceptors (Lipinski definition) is 4. The summed E-state index contributed by atoms with van der Waals surface area (Å²) >= 11 is 0. The zero-order chi connectivity index (χ0) is 20.1. The lowest BCUT2D eigenvalue weighted by molar-refractivity contribution is -0.125. The molecule has 2 atom stereocenters. The molecule has 6 heteroatoms. The van der Waals surface area contributed by atoms with E-state index in [1.807, 2.05) is 31.2 Å². The van der Waals surface area contributed by atoms with Gasteiger partial charge >= 0.3 is 5.97 Å². The predicted octanol–water partition coefficient (Wildman–Crippen LogP) is 3.06. The maximum atomic E-state index is 12.5. The summed E-state index contributed by atoms with van der Waals surface area (Å²) in [5, 5.41) is 5.64. The number of rotatable bonds is 7. The van der Waals surface area contributed by atoms with Crippen LogP contribution in [0.3, 0.4) is 0 Å². The van der Waals surface area contributed by atoms with Gasteiger partial charge in [-0.2, -0.15) is 0 Å². The van der Waals surface area contributed by atoms with Gasteiger partial charge in [0, 0.05) is 6.54 Å². The molecule has 1 aliphatic carbocycles. The minimum Gasteiger partial charge on any atom is -0.462 e. The predicted molar refractivity (Wildman–Crippen MR) is 106 cm³/mol. The third kappa shape index (κ3) is 4.76. The first-order valence-corrected chi connectivity index (χ1v) is 9.40. The van der Waals surface area contributed by atoms with Crippen molar-refractivity contribution in [3.05, 3.63) is 65.2 Å². The first-order valence-electron chi connectivity index (χ1n) is 9.40. The smallest absolute Gasteiger partial charge is 0.340 e. The number of para-hydroxylation sites is 1. The van der Waals surface area contributed by atoms with E-state index < -0.39 is 5.97 Å². The standard InChI is InChI=1S/C22H24N2O4/c1-3-28-22(27)16-6-4-5-7-19(16)24-21(26)18-12-17(18)20(25)23-13-15-10-8-14(2)9-11-15/h4-11,17-18H,3,12-13H2,1-2H3,(H,23,25)(H,24,26). The van der Waals surface area contributed by atoms with E-state index in [-0.39, 0.29) is 30.3 Å². The summed E-state index contributed by atoms with van der Waals surface area (Å²) in [5.74, 6) is -1.58. The van der Waals surface area contributed by atoms with Crippen molar-refractivity contribution in [2.75, 3.05) is 11.9 Å². The molecule has 2 unspecified atom stereocenters. The van der Waals surface area contributed by atoms with Gasteiger partial charge in [0.15, 0.2) is 0 Å². The summed E-state index contributed by atoms with van der Waals surface area (Å²) in [6, 6.07) is 14.6. The molecule has 0 aromatic heterocycles. The average Bonchev–Trinajstić information content (AvgIpc) is 3.49. The van der Waals surface area contributed by atoms with Crippen molar-refractivity contribution in [1.82, 2.24) is 5.32 Å². The maximum absolute atomic E-state index is 12.5. The fourth-order valence-electron chi connectivity index (χ4n) is 3.01. The van der Waals surface area contributed by atoms with Gasteiger partial charge < -0.3 is 15.4 Å². The molecule has 0 spiro atoms. The number of ether oxygens (including phenoxy) is 1. The van der Waals surface area contributed by atoms with Crippen LogP contribution in [0.2, 0.25) is 0 Å². The molecule has 0 bridgehead atoms. The minimum absolute atomic E-state index is 0.126. The van der Waals surface area contributed by atoms with E-state index in [9.17, 15) is 14.4 Å². The number of nitrogens with one attached hydrogen (secondary N) is 2. The highest BCUT2D eigenvalue weighted by Gasteiger charge is 2.48. The SMILES string of the molecule is CCOC(=O)c1ccccc1NC(=O)C1CC1C(=O)NCc1ccc(C)cc1. The molecule has 0 heterocycles. The van der Waals surface area contributed by atoms with Crippen molar-refractivity contribution < 1.29 is 19.1 Å². The normalized spacial score (nSPS) is 17.5. The summed E-state index contributed by atoms with van der Waals surface area (Å²) in [4.78, 5) is 36.8. The van der Waals surface area contributed by atoms with Crippen LogP contribution >= 0.6 is 0 Å². The third-order valence-corrected chi connectivity index (χ3v) is 4.73. The second kappa shape index (κ2) is 8.69. The molecule has 1 fully saturated rings. The minimum atomic E-state index is -0.485. The number of benzene rings is 2. The van der Waals surface area contributed by atoms with Crippen molar-refractivity contribution >= 4 is 23.5 Å². The molecular weight excluding hydrogens is 356 g/mol. The van der Waals surface area contributed by atoms with Gasteiger partial charge in [-0.3, -0.25) is 9.59 Å². The van der Waals surface area contributed by atoms with Crippen molar-refractivity contribution in [1.29, 1.82) is 0 Å². The van der Waals surface area contributed by atoms with E-state index in [4.69, 9.17) is 4.74 Å². The first-order chi connectivity index (χ1) is 13.5. The van der Waals surface area contributed by atoms with Crippen molar-refractivity contribution in [3.63, 3.8) is 0 Å². The van der Waals surface area contributed by atoms with Crippen LogP contribution in [0.15, 0.2) is 48.5 Å². The first kappa shape index (κ1) is 19.6. The highest BCUT2D eigenvalue weighted by Crippen LogP contribution is 2.39. The molecule has 1 aliphatic rings. The van der Waals surface area contributed by atoms with Gasteiger partial charge in [-0.05, 0) is 38.0 Å². The Kier molecular flexibility index (Phi) is 6.09. The molecule has 2 amide bonds. The van der Waals surface area contributed by atoms with Crippen LogP contribution in [-0.4, -0.2) is 24.4 Å². The second-order valence-electron chi connectivity index (χ2n) is 6.91. The Morgan fingerprint density at radius 1 is 1.00 bits per heavy atom. The lowest BCUT2D eigenvalue weighted by Crippen LogP contribution is -2.27. The monoisotopic (exact) mass is 380 g/mol. The largest absolute Gasteiger partial charge is 0.462 e. The fraction of sp³-hybridized carbons (Fsp3) is 0.318. The summed E-state index contributed by atoms with van der Waals surface area (Å²) < 4.78 is 5.01. The highest BCUT2D eigenvalue weighted by molar-refractivity contribution is 6.04. The molecule has 146 valence electrons. The number of amides is 2. The second-order valence-corrected chi connectivity index (χ2v) is 6.91. The Morgan fingerprint density at radius 3 is 2.39 bits per heavy atom. The van der Waals surface area contributed by atoms with E-state index in [1.54, 1.807) is 31.2 Å². The van der Waals surface area contributed by atoms with Gasteiger partial charge in [0.25, 0.3) is 0 Å². The number of hydrogen-bond donors (Lipinski definition) is 2. The van der Waals surface area contributed by atoms with E-state index >= 15 is 0 Å². The topological polar surface area (TPSA) is 84.5 Å². The molecule has 0 saturated heterocycles. The lowest BCUT2D eigenvalue weighted by atomic mass is 10.1. The van der Waals surface area contributed by atoms with Crippen LogP contribution in [0, 0.1) is 18.8 Å². The van der Waals surface area contributed by atoms with Gasteiger partial charge in [0.1, 0.15) is 0 Å². The van der Waals surface area contributed by atoms with E-state index in [0.29, 0.717) is 24.2 Å². The molecule has 6 nitrogen and oxygen atoms in total. The molecule has 28 heavy (non-hydrogen) atoms. The van der Waals surface area contributed by atoms with Gasteiger partial charge in [0.2, 0.25) is 11.8 Å². The molecule has 0 radical (unpaired) electrons. The number of carbonyl (C=O) groups is 3.